The van der Waals surface area contributed by atoms with Gasteiger partial charge in [-0.3, -0.25) is 4.79 Å². The number of fused-ring (bicyclic) bond motifs is 1. The number of carbonyl (C=O) groups excluding carboxylic acids is 1. The maximum atomic E-state index is 11.4. The molecular weight excluding hydrogens is 186 g/mol. The Morgan fingerprint density at radius 1 is 1.54 bits per heavy atom. The molecule has 0 spiro atoms. The first-order chi connectivity index (χ1) is 6.27. The first-order valence-electron chi connectivity index (χ1n) is 4.14. The summed E-state index contributed by atoms with van der Waals surface area (Å²) in [6, 6.07) is 0. The molecule has 0 aromatic carbocycles. The molecule has 1 aliphatic heterocycles. The van der Waals surface area contributed by atoms with Crippen LogP contribution in [0.3, 0.4) is 0 Å². The fraction of sp³-hybridized carbons (Fsp3) is 0.375. The lowest BCUT2D eigenvalue weighted by Crippen LogP contribution is -2.23. The van der Waals surface area contributed by atoms with E-state index in [0.29, 0.717) is 17.0 Å². The van der Waals surface area contributed by atoms with E-state index in [0.717, 1.165) is 18.4 Å². The van der Waals surface area contributed by atoms with Gasteiger partial charge in [-0.2, -0.15) is 0 Å². The molecule has 1 aromatic heterocycles. The van der Waals surface area contributed by atoms with Crippen LogP contribution >= 0.6 is 12.2 Å². The number of aromatic amines is 1. The van der Waals surface area contributed by atoms with Crippen molar-refractivity contribution in [1.82, 2.24) is 15.3 Å². The van der Waals surface area contributed by atoms with Gasteiger partial charge in [0, 0.05) is 12.7 Å². The van der Waals surface area contributed by atoms with Crippen molar-refractivity contribution in [2.75, 3.05) is 6.54 Å². The standard InChI is InChI=1S/C8H9N3OS/c12-7-6-5(2-1-3-9-7)4-10-8(13)11-6/h4H,1-3H2,(H,9,12)(H,10,11,13). The number of hydrogen-bond donors (Lipinski definition) is 2. The van der Waals surface area contributed by atoms with E-state index in [-0.39, 0.29) is 5.91 Å². The van der Waals surface area contributed by atoms with Crippen LogP contribution in [0.1, 0.15) is 22.5 Å². The Morgan fingerprint density at radius 3 is 3.23 bits per heavy atom. The highest BCUT2D eigenvalue weighted by molar-refractivity contribution is 7.71. The third kappa shape index (κ3) is 1.60. The number of aromatic nitrogens is 2. The van der Waals surface area contributed by atoms with Gasteiger partial charge in [0.15, 0.2) is 4.77 Å². The van der Waals surface area contributed by atoms with Crippen molar-refractivity contribution in [3.05, 3.63) is 22.2 Å². The monoisotopic (exact) mass is 195 g/mol. The van der Waals surface area contributed by atoms with Gasteiger partial charge in [0.1, 0.15) is 5.69 Å². The quantitative estimate of drug-likeness (QED) is 0.602. The summed E-state index contributed by atoms with van der Waals surface area (Å²) in [6.07, 6.45) is 3.50. The van der Waals surface area contributed by atoms with Crippen LogP contribution in [0.4, 0.5) is 0 Å². The lowest BCUT2D eigenvalue weighted by Gasteiger charge is -2.01. The summed E-state index contributed by atoms with van der Waals surface area (Å²) in [5, 5.41) is 2.78. The maximum Gasteiger partial charge on any atom is 0.268 e. The molecule has 68 valence electrons. The van der Waals surface area contributed by atoms with Crippen molar-refractivity contribution in [1.29, 1.82) is 0 Å². The number of rotatable bonds is 0. The molecule has 0 unspecified atom stereocenters. The molecular formula is C8H9N3OS. The number of carbonyl (C=O) groups is 1. The Bertz CT molecular complexity index is 399. The van der Waals surface area contributed by atoms with Crippen molar-refractivity contribution < 1.29 is 4.79 Å². The van der Waals surface area contributed by atoms with Gasteiger partial charge in [0.25, 0.3) is 5.91 Å². The molecule has 0 saturated carbocycles. The number of hydrogen-bond acceptors (Lipinski definition) is 3. The van der Waals surface area contributed by atoms with E-state index in [4.69, 9.17) is 12.2 Å². The molecule has 0 fully saturated rings. The van der Waals surface area contributed by atoms with Crippen LogP contribution in [0.15, 0.2) is 6.20 Å². The largest absolute Gasteiger partial charge is 0.351 e. The summed E-state index contributed by atoms with van der Waals surface area (Å²) in [6.45, 7) is 0.716. The lowest BCUT2D eigenvalue weighted by atomic mass is 10.1. The maximum absolute atomic E-state index is 11.4. The number of nitrogens with one attached hydrogen (secondary N) is 2. The molecule has 0 radical (unpaired) electrons. The fourth-order valence-electron chi connectivity index (χ4n) is 1.38. The average molecular weight is 195 g/mol. The van der Waals surface area contributed by atoms with E-state index in [1.807, 2.05) is 0 Å². The topological polar surface area (TPSA) is 57.8 Å². The molecule has 1 aliphatic rings. The minimum atomic E-state index is -0.0824. The summed E-state index contributed by atoms with van der Waals surface area (Å²) in [4.78, 5) is 18.2. The summed E-state index contributed by atoms with van der Waals surface area (Å²) in [5.74, 6) is -0.0824. The third-order valence-corrected chi connectivity index (χ3v) is 2.23. The molecule has 2 heterocycles. The number of amides is 1. The highest BCUT2D eigenvalue weighted by atomic mass is 32.1. The lowest BCUT2D eigenvalue weighted by molar-refractivity contribution is 0.0951. The normalized spacial score (nSPS) is 15.8. The number of nitrogens with zero attached hydrogens (tertiary/aromatic N) is 1. The molecule has 13 heavy (non-hydrogen) atoms. The number of H-pyrrole nitrogens is 1. The second kappa shape index (κ2) is 3.26. The Morgan fingerprint density at radius 2 is 2.38 bits per heavy atom. The highest BCUT2D eigenvalue weighted by Crippen LogP contribution is 2.09. The van der Waals surface area contributed by atoms with Crippen molar-refractivity contribution in [3.63, 3.8) is 0 Å². The minimum absolute atomic E-state index is 0.0824. The summed E-state index contributed by atoms with van der Waals surface area (Å²) in [5.41, 5.74) is 1.51. The molecule has 0 saturated heterocycles. The molecule has 2 rings (SSSR count). The molecule has 0 bridgehead atoms. The van der Waals surface area contributed by atoms with E-state index in [1.165, 1.54) is 0 Å². The zero-order valence-corrected chi connectivity index (χ0v) is 7.78. The summed E-state index contributed by atoms with van der Waals surface area (Å²) < 4.78 is 0.357. The van der Waals surface area contributed by atoms with Gasteiger partial charge in [0.05, 0.1) is 0 Å². The first kappa shape index (κ1) is 8.37. The van der Waals surface area contributed by atoms with Crippen molar-refractivity contribution in [3.8, 4) is 0 Å². The van der Waals surface area contributed by atoms with Crippen molar-refractivity contribution >= 4 is 18.1 Å². The van der Waals surface area contributed by atoms with E-state index < -0.39 is 0 Å². The van der Waals surface area contributed by atoms with Gasteiger partial charge in [-0.05, 0) is 30.6 Å². The van der Waals surface area contributed by atoms with Gasteiger partial charge in [-0.15, -0.1) is 0 Å². The van der Waals surface area contributed by atoms with Crippen LogP contribution < -0.4 is 5.32 Å². The van der Waals surface area contributed by atoms with Gasteiger partial charge >= 0.3 is 0 Å². The van der Waals surface area contributed by atoms with Crippen LogP contribution in [0.25, 0.3) is 0 Å². The van der Waals surface area contributed by atoms with Gasteiger partial charge in [0.2, 0.25) is 0 Å². The zero-order valence-electron chi connectivity index (χ0n) is 6.96. The van der Waals surface area contributed by atoms with Crippen molar-refractivity contribution in [2.45, 2.75) is 12.8 Å². The molecule has 5 heteroatoms. The number of aryl methyl sites for hydroxylation is 1. The molecule has 1 aromatic rings. The fourth-order valence-corrected chi connectivity index (χ4v) is 1.54. The van der Waals surface area contributed by atoms with Crippen LogP contribution in [0, 0.1) is 4.77 Å². The Kier molecular flexibility index (Phi) is 2.10. The Balaban J connectivity index is 2.55. The van der Waals surface area contributed by atoms with E-state index in [9.17, 15) is 4.79 Å². The Labute approximate surface area is 80.4 Å². The smallest absolute Gasteiger partial charge is 0.268 e. The van der Waals surface area contributed by atoms with Crippen LogP contribution in [-0.2, 0) is 6.42 Å². The SMILES string of the molecule is O=C1NCCCc2cnc(=S)[nH]c21. The predicted octanol–water partition coefficient (Wildman–Crippen LogP) is 0.815. The molecule has 2 N–H and O–H groups in total. The molecule has 0 atom stereocenters. The predicted molar refractivity (Wildman–Crippen MR) is 50.1 cm³/mol. The highest BCUT2D eigenvalue weighted by Gasteiger charge is 2.14. The Hall–Kier alpha value is -1.23. The minimum Gasteiger partial charge on any atom is -0.351 e. The van der Waals surface area contributed by atoms with Crippen molar-refractivity contribution in [2.24, 2.45) is 0 Å². The van der Waals surface area contributed by atoms with Crippen LogP contribution in [0.2, 0.25) is 0 Å². The first-order valence-corrected chi connectivity index (χ1v) is 4.54. The van der Waals surface area contributed by atoms with Gasteiger partial charge in [-0.1, -0.05) is 0 Å². The third-order valence-electron chi connectivity index (χ3n) is 2.03. The second-order valence-electron chi connectivity index (χ2n) is 2.95. The second-order valence-corrected chi connectivity index (χ2v) is 3.33. The molecule has 0 aliphatic carbocycles. The molecule has 1 amide bonds. The van der Waals surface area contributed by atoms with Gasteiger partial charge < -0.3 is 10.3 Å². The van der Waals surface area contributed by atoms with E-state index in [1.54, 1.807) is 6.20 Å². The van der Waals surface area contributed by atoms with Gasteiger partial charge in [-0.25, -0.2) is 4.98 Å². The molecule has 4 nitrogen and oxygen atoms in total. The van der Waals surface area contributed by atoms with Crippen LogP contribution in [0.5, 0.6) is 0 Å². The summed E-state index contributed by atoms with van der Waals surface area (Å²) >= 11 is 4.85. The zero-order chi connectivity index (χ0) is 9.26. The van der Waals surface area contributed by atoms with E-state index in [2.05, 4.69) is 15.3 Å². The van der Waals surface area contributed by atoms with Crippen LogP contribution in [-0.4, -0.2) is 22.4 Å². The van der Waals surface area contributed by atoms with E-state index >= 15 is 0 Å². The average Bonchev–Trinajstić information content (AvgIpc) is 2.29. The summed E-state index contributed by atoms with van der Waals surface area (Å²) in [7, 11) is 0.